The van der Waals surface area contributed by atoms with Crippen LogP contribution in [0.3, 0.4) is 0 Å². The monoisotopic (exact) mass is 328 g/mol. The molecule has 0 amide bonds. The molecule has 0 N–H and O–H groups in total. The van der Waals surface area contributed by atoms with Crippen LogP contribution in [0.2, 0.25) is 0 Å². The summed E-state index contributed by atoms with van der Waals surface area (Å²) < 4.78 is 0. The van der Waals surface area contributed by atoms with E-state index in [9.17, 15) is 9.90 Å². The van der Waals surface area contributed by atoms with Gasteiger partial charge in [-0.25, -0.2) is 0 Å². The predicted molar refractivity (Wildman–Crippen MR) is 53.3 cm³/mol. The van der Waals surface area contributed by atoms with Gasteiger partial charge in [-0.3, -0.25) is 7.32 Å². The summed E-state index contributed by atoms with van der Waals surface area (Å²) in [5.41, 5.74) is 0.376. The molecule has 0 spiro atoms. The number of rotatable bonds is 5. The molecule has 0 saturated carbocycles. The van der Waals surface area contributed by atoms with Crippen LogP contribution in [-0.4, -0.2) is 13.3 Å². The van der Waals surface area contributed by atoms with E-state index in [1.165, 1.54) is 6.42 Å². The minimum Gasteiger partial charge on any atom is -0.907 e. The van der Waals surface area contributed by atoms with Crippen LogP contribution in [0.15, 0.2) is 0 Å². The molecule has 5 nitrogen and oxygen atoms in total. The summed E-state index contributed by atoms with van der Waals surface area (Å²) in [4.78, 5) is 10.0. The molecule has 0 aliphatic heterocycles. The summed E-state index contributed by atoms with van der Waals surface area (Å²) in [5, 5.41) is 35.3. The van der Waals surface area contributed by atoms with Gasteiger partial charge in [-0.2, -0.15) is 0 Å². The Morgan fingerprint density at radius 3 is 1.76 bits per heavy atom. The van der Waals surface area contributed by atoms with Crippen LogP contribution in [0.1, 0.15) is 52.9 Å². The first-order valence-corrected chi connectivity index (χ1v) is 5.32. The standard InChI is InChI=1S/C10H20O2.BO3.Mo/c1-10(2,3)8-6-4-5-7-9(11)12;2-1(3)4;/h4-8H2,1-3H3,(H,11,12);;/q;-3;+4/p-1. The van der Waals surface area contributed by atoms with E-state index in [1.807, 2.05) is 0 Å². The zero-order chi connectivity index (χ0) is 13.2. The molecule has 17 heavy (non-hydrogen) atoms. The third-order valence-electron chi connectivity index (χ3n) is 1.81. The topological polar surface area (TPSA) is 109 Å². The zero-order valence-electron chi connectivity index (χ0n) is 10.6. The summed E-state index contributed by atoms with van der Waals surface area (Å²) in [6.07, 6.45) is 4.27. The average molecular weight is 326 g/mol. The summed E-state index contributed by atoms with van der Waals surface area (Å²) in [5.74, 6) is -0.925. The average Bonchev–Trinajstić information content (AvgIpc) is 1.99. The minimum atomic E-state index is -2.92. The first-order valence-electron chi connectivity index (χ1n) is 5.32. The van der Waals surface area contributed by atoms with Gasteiger partial charge < -0.3 is 25.0 Å². The van der Waals surface area contributed by atoms with Crippen LogP contribution in [0, 0.1) is 5.41 Å². The second kappa shape index (κ2) is 12.6. The summed E-state index contributed by atoms with van der Waals surface area (Å²) >= 11 is 0. The third-order valence-corrected chi connectivity index (χ3v) is 1.81. The molecule has 0 aliphatic carbocycles. The van der Waals surface area contributed by atoms with Gasteiger partial charge in [0.25, 0.3) is 0 Å². The van der Waals surface area contributed by atoms with Gasteiger partial charge in [-0.1, -0.05) is 33.6 Å². The molecular formula is C10H19BMoO5. The maximum Gasteiger partial charge on any atom is 4.00 e. The van der Waals surface area contributed by atoms with Gasteiger partial charge in [0.05, 0.1) is 0 Å². The smallest absolute Gasteiger partial charge is 0.907 e. The van der Waals surface area contributed by atoms with Gasteiger partial charge in [-0.05, 0) is 24.7 Å². The van der Waals surface area contributed by atoms with Crippen LogP contribution in [0.4, 0.5) is 0 Å². The maximum atomic E-state index is 10.0. The van der Waals surface area contributed by atoms with Crippen molar-refractivity contribution in [1.29, 1.82) is 0 Å². The van der Waals surface area contributed by atoms with E-state index in [4.69, 9.17) is 15.1 Å². The Morgan fingerprint density at radius 1 is 1.06 bits per heavy atom. The first kappa shape index (κ1) is 22.3. The van der Waals surface area contributed by atoms with Crippen molar-refractivity contribution < 1.29 is 46.0 Å². The molecule has 7 heteroatoms. The molecule has 0 aliphatic rings. The van der Waals surface area contributed by atoms with Crippen LogP contribution < -0.4 is 20.2 Å². The second-order valence-electron chi connectivity index (χ2n) is 4.78. The van der Waals surface area contributed by atoms with Crippen molar-refractivity contribution in [2.75, 3.05) is 0 Å². The van der Waals surface area contributed by atoms with Crippen LogP contribution >= 0.6 is 0 Å². The second-order valence-corrected chi connectivity index (χ2v) is 4.78. The molecule has 0 fully saturated rings. The fourth-order valence-corrected chi connectivity index (χ4v) is 1.10. The van der Waals surface area contributed by atoms with Gasteiger partial charge in [0.15, 0.2) is 0 Å². The molecule has 0 unspecified atom stereocenters. The van der Waals surface area contributed by atoms with Gasteiger partial charge in [0.1, 0.15) is 0 Å². The molecule has 0 rings (SSSR count). The van der Waals surface area contributed by atoms with E-state index >= 15 is 0 Å². The molecule has 0 radical (unpaired) electrons. The fraction of sp³-hybridized carbons (Fsp3) is 0.900. The Hall–Kier alpha value is 0.103. The van der Waals surface area contributed by atoms with Crippen molar-refractivity contribution in [3.05, 3.63) is 0 Å². The van der Waals surface area contributed by atoms with Gasteiger partial charge in [0.2, 0.25) is 0 Å². The van der Waals surface area contributed by atoms with Gasteiger partial charge in [-0.15, -0.1) is 0 Å². The van der Waals surface area contributed by atoms with Gasteiger partial charge >= 0.3 is 21.1 Å². The van der Waals surface area contributed by atoms with Crippen molar-refractivity contribution in [3.8, 4) is 0 Å². The predicted octanol–water partition coefficient (Wildman–Crippen LogP) is -2.22. The molecule has 0 saturated heterocycles. The SMILES string of the molecule is CC(C)(C)CCCCCC(=O)[O-].[Mo+4].[O-]B([O-])[O-]. The van der Waals surface area contributed by atoms with E-state index in [-0.39, 0.29) is 27.5 Å². The van der Waals surface area contributed by atoms with E-state index in [0.717, 1.165) is 19.3 Å². The Kier molecular flexibility index (Phi) is 16.5. The number of hydrogen-bond acceptors (Lipinski definition) is 5. The number of hydrogen-bond donors (Lipinski definition) is 0. The fourth-order valence-electron chi connectivity index (χ4n) is 1.10. The summed E-state index contributed by atoms with van der Waals surface area (Å²) in [6, 6.07) is 0. The number of unbranched alkanes of at least 4 members (excludes halogenated alkanes) is 2. The molecule has 98 valence electrons. The molecule has 0 atom stereocenters. The number of aliphatic carboxylic acids is 1. The summed E-state index contributed by atoms with van der Waals surface area (Å²) in [6.45, 7) is 6.60. The van der Waals surface area contributed by atoms with Crippen molar-refractivity contribution in [2.24, 2.45) is 5.41 Å². The van der Waals surface area contributed by atoms with E-state index in [1.54, 1.807) is 0 Å². The van der Waals surface area contributed by atoms with Crippen molar-refractivity contribution in [1.82, 2.24) is 0 Å². The zero-order valence-corrected chi connectivity index (χ0v) is 12.6. The molecule has 0 aromatic heterocycles. The minimum absolute atomic E-state index is 0. The molecule has 0 heterocycles. The molecular weight excluding hydrogens is 307 g/mol. The van der Waals surface area contributed by atoms with Crippen molar-refractivity contribution in [2.45, 2.75) is 52.9 Å². The Morgan fingerprint density at radius 2 is 1.47 bits per heavy atom. The molecule has 0 aromatic carbocycles. The van der Waals surface area contributed by atoms with Crippen molar-refractivity contribution in [3.63, 3.8) is 0 Å². The summed E-state index contributed by atoms with van der Waals surface area (Å²) in [7, 11) is -2.92. The number of carbonyl (C=O) groups excluding carboxylic acids is 1. The van der Waals surface area contributed by atoms with Crippen LogP contribution in [0.5, 0.6) is 0 Å². The Labute approximate surface area is 118 Å². The van der Waals surface area contributed by atoms with E-state index in [0.29, 0.717) is 5.41 Å². The number of carboxylic acid groups (broad SMARTS) is 1. The molecule has 0 aromatic rings. The van der Waals surface area contributed by atoms with Crippen LogP contribution in [0.25, 0.3) is 0 Å². The Bertz CT molecular complexity index is 179. The largest absolute Gasteiger partial charge is 4.00 e. The number of carboxylic acids is 1. The van der Waals surface area contributed by atoms with E-state index < -0.39 is 13.3 Å². The maximum absolute atomic E-state index is 10.0. The molecule has 0 bridgehead atoms. The number of carbonyl (C=O) groups is 1. The quantitative estimate of drug-likeness (QED) is 0.420. The Balaban J connectivity index is -0.000000340. The van der Waals surface area contributed by atoms with Crippen molar-refractivity contribution >= 4 is 13.3 Å². The third kappa shape index (κ3) is 38.7. The van der Waals surface area contributed by atoms with E-state index in [2.05, 4.69) is 20.8 Å². The normalized spacial score (nSPS) is 9.76. The first-order chi connectivity index (χ1) is 7.15. The van der Waals surface area contributed by atoms with Gasteiger partial charge in [0, 0.05) is 5.97 Å². The van der Waals surface area contributed by atoms with Crippen LogP contribution in [-0.2, 0) is 25.9 Å².